The second kappa shape index (κ2) is 7.83. The predicted octanol–water partition coefficient (Wildman–Crippen LogP) is 3.61. The van der Waals surface area contributed by atoms with Gasteiger partial charge in [-0.3, -0.25) is 4.90 Å². The van der Waals surface area contributed by atoms with Crippen LogP contribution >= 0.6 is 23.2 Å². The molecule has 1 aromatic heterocycles. The molecule has 2 heterocycles. The first-order valence-electron chi connectivity index (χ1n) is 8.23. The van der Waals surface area contributed by atoms with Crippen molar-refractivity contribution in [3.8, 4) is 0 Å². The van der Waals surface area contributed by atoms with Crippen molar-refractivity contribution < 1.29 is 4.52 Å². The number of piperazine rings is 1. The van der Waals surface area contributed by atoms with Crippen LogP contribution in [-0.2, 0) is 6.42 Å². The van der Waals surface area contributed by atoms with Gasteiger partial charge in [-0.2, -0.15) is 4.98 Å². The Bertz CT molecular complexity index is 683. The fraction of sp³-hybridized carbons (Fsp3) is 0.529. The van der Waals surface area contributed by atoms with E-state index >= 15 is 0 Å². The Kier molecular flexibility index (Phi) is 5.76. The average molecular weight is 369 g/mol. The third kappa shape index (κ3) is 4.28. The van der Waals surface area contributed by atoms with Gasteiger partial charge in [0.2, 0.25) is 5.89 Å². The molecule has 0 bridgehead atoms. The molecule has 1 atom stereocenters. The van der Waals surface area contributed by atoms with Crippen molar-refractivity contribution in [2.75, 3.05) is 32.7 Å². The molecule has 1 aliphatic heterocycles. The van der Waals surface area contributed by atoms with Crippen LogP contribution in [0.15, 0.2) is 22.7 Å². The van der Waals surface area contributed by atoms with Crippen LogP contribution in [0.1, 0.15) is 30.2 Å². The first-order valence-corrected chi connectivity index (χ1v) is 8.99. The van der Waals surface area contributed by atoms with Crippen molar-refractivity contribution in [2.24, 2.45) is 0 Å². The van der Waals surface area contributed by atoms with Crippen molar-refractivity contribution in [3.05, 3.63) is 45.5 Å². The van der Waals surface area contributed by atoms with Gasteiger partial charge in [0.05, 0.1) is 16.1 Å². The molecule has 0 saturated carbocycles. The van der Waals surface area contributed by atoms with Gasteiger partial charge in [0.1, 0.15) is 0 Å². The second-order valence-electron chi connectivity index (χ2n) is 6.22. The molecule has 1 aromatic carbocycles. The van der Waals surface area contributed by atoms with E-state index in [4.69, 9.17) is 27.7 Å². The smallest absolute Gasteiger partial charge is 0.223 e. The molecule has 0 radical (unpaired) electrons. The summed E-state index contributed by atoms with van der Waals surface area (Å²) in [4.78, 5) is 9.22. The molecule has 0 N–H and O–H groups in total. The Balaban J connectivity index is 1.47. The summed E-state index contributed by atoms with van der Waals surface area (Å²) >= 11 is 12.0. The van der Waals surface area contributed by atoms with Crippen LogP contribution in [0.4, 0.5) is 0 Å². The average Bonchev–Trinajstić information content (AvgIpc) is 3.02. The summed E-state index contributed by atoms with van der Waals surface area (Å²) in [5.41, 5.74) is 1.22. The van der Waals surface area contributed by atoms with Crippen molar-refractivity contribution in [2.45, 2.75) is 26.3 Å². The zero-order chi connectivity index (χ0) is 17.1. The van der Waals surface area contributed by atoms with Crippen LogP contribution in [-0.4, -0.2) is 52.7 Å². The summed E-state index contributed by atoms with van der Waals surface area (Å²) in [6.07, 6.45) is 0.983. The van der Waals surface area contributed by atoms with E-state index in [9.17, 15) is 0 Å². The van der Waals surface area contributed by atoms with Gasteiger partial charge in [0.15, 0.2) is 5.82 Å². The number of aromatic nitrogens is 2. The fourth-order valence-corrected chi connectivity index (χ4v) is 3.33. The van der Waals surface area contributed by atoms with Crippen LogP contribution in [0.3, 0.4) is 0 Å². The molecule has 0 amide bonds. The summed E-state index contributed by atoms with van der Waals surface area (Å²) in [5, 5.41) is 5.28. The van der Waals surface area contributed by atoms with Crippen molar-refractivity contribution >= 4 is 23.2 Å². The lowest BCUT2D eigenvalue weighted by Gasteiger charge is -2.37. The zero-order valence-electron chi connectivity index (χ0n) is 14.0. The number of aryl methyl sites for hydroxylation is 1. The normalized spacial score (nSPS) is 18.0. The Labute approximate surface area is 152 Å². The molecule has 130 valence electrons. The van der Waals surface area contributed by atoms with Gasteiger partial charge in [-0.05, 0) is 31.0 Å². The minimum atomic E-state index is 0.194. The quantitative estimate of drug-likeness (QED) is 0.806. The molecule has 2 aromatic rings. The highest BCUT2D eigenvalue weighted by Gasteiger charge is 2.24. The van der Waals surface area contributed by atoms with Gasteiger partial charge in [0.25, 0.3) is 0 Å². The molecule has 24 heavy (non-hydrogen) atoms. The van der Waals surface area contributed by atoms with Crippen LogP contribution in [0, 0.1) is 6.92 Å². The highest BCUT2D eigenvalue weighted by Crippen LogP contribution is 2.23. The topological polar surface area (TPSA) is 45.4 Å². The maximum Gasteiger partial charge on any atom is 0.223 e. The Morgan fingerprint density at radius 3 is 2.54 bits per heavy atom. The lowest BCUT2D eigenvalue weighted by Crippen LogP contribution is -2.47. The summed E-state index contributed by atoms with van der Waals surface area (Å²) in [5.74, 6) is 1.40. The molecule has 1 fully saturated rings. The maximum absolute atomic E-state index is 6.08. The van der Waals surface area contributed by atoms with E-state index in [1.165, 1.54) is 5.56 Å². The van der Waals surface area contributed by atoms with Crippen molar-refractivity contribution in [1.82, 2.24) is 19.9 Å². The first-order chi connectivity index (χ1) is 11.5. The standard InChI is InChI=1S/C17H22Cl2N4O/c1-12(17-20-13(2)24-21-17)23-9-7-22(8-10-23)6-5-14-3-4-15(18)16(19)11-14/h3-4,11-12H,5-10H2,1-2H3. The largest absolute Gasteiger partial charge is 0.340 e. The summed E-state index contributed by atoms with van der Waals surface area (Å²) < 4.78 is 5.08. The number of benzene rings is 1. The molecular weight excluding hydrogens is 347 g/mol. The Morgan fingerprint density at radius 2 is 1.92 bits per heavy atom. The summed E-state index contributed by atoms with van der Waals surface area (Å²) in [6, 6.07) is 6.07. The zero-order valence-corrected chi connectivity index (χ0v) is 15.5. The van der Waals surface area contributed by atoms with E-state index in [-0.39, 0.29) is 6.04 Å². The minimum absolute atomic E-state index is 0.194. The van der Waals surface area contributed by atoms with Gasteiger partial charge < -0.3 is 9.42 Å². The number of nitrogens with zero attached hydrogens (tertiary/aromatic N) is 4. The van der Waals surface area contributed by atoms with E-state index in [2.05, 4.69) is 26.9 Å². The fourth-order valence-electron chi connectivity index (χ4n) is 3.00. The maximum atomic E-state index is 6.08. The Hall–Kier alpha value is -1.14. The Morgan fingerprint density at radius 1 is 1.17 bits per heavy atom. The van der Waals surface area contributed by atoms with Gasteiger partial charge in [-0.1, -0.05) is 34.4 Å². The van der Waals surface area contributed by atoms with Gasteiger partial charge in [-0.25, -0.2) is 0 Å². The van der Waals surface area contributed by atoms with E-state index in [0.717, 1.165) is 45.0 Å². The molecular formula is C17H22Cl2N4O. The number of rotatable bonds is 5. The minimum Gasteiger partial charge on any atom is -0.340 e. The second-order valence-corrected chi connectivity index (χ2v) is 7.04. The summed E-state index contributed by atoms with van der Waals surface area (Å²) in [6.45, 7) is 9.10. The molecule has 1 saturated heterocycles. The van der Waals surface area contributed by atoms with E-state index in [1.807, 2.05) is 25.1 Å². The van der Waals surface area contributed by atoms with E-state index in [1.54, 1.807) is 0 Å². The highest BCUT2D eigenvalue weighted by molar-refractivity contribution is 6.42. The van der Waals surface area contributed by atoms with Gasteiger partial charge in [-0.15, -0.1) is 0 Å². The number of hydrogen-bond acceptors (Lipinski definition) is 5. The lowest BCUT2D eigenvalue weighted by molar-refractivity contribution is 0.0988. The van der Waals surface area contributed by atoms with Crippen LogP contribution in [0.5, 0.6) is 0 Å². The molecule has 1 unspecified atom stereocenters. The predicted molar refractivity (Wildman–Crippen MR) is 95.6 cm³/mol. The van der Waals surface area contributed by atoms with Crippen molar-refractivity contribution in [1.29, 1.82) is 0 Å². The van der Waals surface area contributed by atoms with Crippen LogP contribution < -0.4 is 0 Å². The van der Waals surface area contributed by atoms with E-state index in [0.29, 0.717) is 15.9 Å². The molecule has 5 nitrogen and oxygen atoms in total. The molecule has 7 heteroatoms. The van der Waals surface area contributed by atoms with Crippen LogP contribution in [0.25, 0.3) is 0 Å². The van der Waals surface area contributed by atoms with Gasteiger partial charge in [0, 0.05) is 39.6 Å². The number of hydrogen-bond donors (Lipinski definition) is 0. The molecule has 0 aliphatic carbocycles. The lowest BCUT2D eigenvalue weighted by atomic mass is 10.1. The molecule has 1 aliphatic rings. The summed E-state index contributed by atoms with van der Waals surface area (Å²) in [7, 11) is 0. The highest BCUT2D eigenvalue weighted by atomic mass is 35.5. The first kappa shape index (κ1) is 17.7. The van der Waals surface area contributed by atoms with Gasteiger partial charge >= 0.3 is 0 Å². The van der Waals surface area contributed by atoms with E-state index < -0.39 is 0 Å². The SMILES string of the molecule is Cc1nc(C(C)N2CCN(CCc3ccc(Cl)c(Cl)c3)CC2)no1. The monoisotopic (exact) mass is 368 g/mol. The van der Waals surface area contributed by atoms with Crippen molar-refractivity contribution in [3.63, 3.8) is 0 Å². The third-order valence-corrected chi connectivity index (χ3v) is 5.31. The van der Waals surface area contributed by atoms with Crippen LogP contribution in [0.2, 0.25) is 10.0 Å². The number of halogens is 2. The third-order valence-electron chi connectivity index (χ3n) is 4.57. The molecule has 0 spiro atoms. The molecule has 3 rings (SSSR count).